The van der Waals surface area contributed by atoms with Crippen LogP contribution in [-0.4, -0.2) is 4.57 Å². The molecule has 3 aromatic carbocycles. The molecule has 0 atom stereocenters. The van der Waals surface area contributed by atoms with Gasteiger partial charge >= 0.3 is 0 Å². The predicted octanol–water partition coefficient (Wildman–Crippen LogP) is 5.68. The fourth-order valence-electron chi connectivity index (χ4n) is 4.08. The molecule has 0 N–H and O–H groups in total. The molecule has 0 aliphatic heterocycles. The molecule has 0 fully saturated rings. The van der Waals surface area contributed by atoms with Gasteiger partial charge in [0, 0.05) is 16.3 Å². The number of allylic oxidation sites excluding steroid dienone is 1. The first-order valence-electron chi connectivity index (χ1n) is 9.70. The van der Waals surface area contributed by atoms with Gasteiger partial charge in [0.15, 0.2) is 0 Å². The van der Waals surface area contributed by atoms with E-state index in [1.54, 1.807) is 0 Å². The number of fused-ring (bicyclic) bond motifs is 1. The Morgan fingerprint density at radius 2 is 1.54 bits per heavy atom. The van der Waals surface area contributed by atoms with Gasteiger partial charge in [0.05, 0.1) is 10.9 Å². The highest BCUT2D eigenvalue weighted by Gasteiger charge is 2.11. The van der Waals surface area contributed by atoms with E-state index in [4.69, 9.17) is 0 Å². The van der Waals surface area contributed by atoms with Crippen molar-refractivity contribution in [3.63, 3.8) is 0 Å². The summed E-state index contributed by atoms with van der Waals surface area (Å²) in [6.07, 6.45) is 6.18. The van der Waals surface area contributed by atoms with Gasteiger partial charge in [-0.15, -0.1) is 0 Å². The number of aryl methyl sites for hydroxylation is 2. The van der Waals surface area contributed by atoms with E-state index >= 15 is 0 Å². The van der Waals surface area contributed by atoms with Crippen LogP contribution in [0.2, 0.25) is 0 Å². The van der Waals surface area contributed by atoms with E-state index in [0.717, 1.165) is 0 Å². The molecule has 0 spiro atoms. The number of rotatable bonds is 3. The van der Waals surface area contributed by atoms with Gasteiger partial charge < -0.3 is 4.57 Å². The minimum Gasteiger partial charge on any atom is -0.309 e. The zero-order valence-corrected chi connectivity index (χ0v) is 16.7. The van der Waals surface area contributed by atoms with Crippen molar-refractivity contribution >= 4 is 23.1 Å². The summed E-state index contributed by atoms with van der Waals surface area (Å²) in [5.74, 6) is 0. The molecule has 0 unspecified atom stereocenters. The molecule has 0 amide bonds. The van der Waals surface area contributed by atoms with Gasteiger partial charge in [0.1, 0.15) is 0 Å². The smallest absolute Gasteiger partial charge is 0.0541 e. The molecular formula is C27H25N. The van der Waals surface area contributed by atoms with Crippen molar-refractivity contribution in [1.29, 1.82) is 0 Å². The van der Waals surface area contributed by atoms with Gasteiger partial charge in [-0.1, -0.05) is 61.2 Å². The lowest BCUT2D eigenvalue weighted by molar-refractivity contribution is 1.06. The highest BCUT2D eigenvalue weighted by atomic mass is 15.0. The summed E-state index contributed by atoms with van der Waals surface area (Å²) in [6, 6.07) is 24.0. The molecular weight excluding hydrogens is 338 g/mol. The van der Waals surface area contributed by atoms with Crippen LogP contribution in [0.5, 0.6) is 0 Å². The van der Waals surface area contributed by atoms with Crippen molar-refractivity contribution in [1.82, 2.24) is 4.57 Å². The highest BCUT2D eigenvalue weighted by molar-refractivity contribution is 5.88. The Labute approximate surface area is 166 Å². The van der Waals surface area contributed by atoms with Crippen LogP contribution in [0.4, 0.5) is 0 Å². The molecule has 4 rings (SSSR count). The number of nitrogens with zero attached hydrogens (tertiary/aromatic N) is 1. The first kappa shape index (κ1) is 18.1. The lowest BCUT2D eigenvalue weighted by Crippen LogP contribution is -2.28. The molecule has 0 bridgehead atoms. The zero-order chi connectivity index (χ0) is 19.7. The number of hydrogen-bond donors (Lipinski definition) is 0. The van der Waals surface area contributed by atoms with Crippen molar-refractivity contribution in [2.45, 2.75) is 20.8 Å². The van der Waals surface area contributed by atoms with Crippen LogP contribution in [-0.2, 0) is 0 Å². The first-order valence-corrected chi connectivity index (χ1v) is 9.70. The molecule has 1 aromatic heterocycles. The van der Waals surface area contributed by atoms with Gasteiger partial charge in [0.25, 0.3) is 0 Å². The largest absolute Gasteiger partial charge is 0.309 e. The standard InChI is InChI=1S/C27H25N/c1-5-10-26-24(6-2)25-18-22(21-11-8-7-9-12-21)13-14-27(25)28(26)23-16-19(3)15-20(4)17-23/h5-18H,1H2,2-4H3/b24-6-,26-10+. The molecule has 28 heavy (non-hydrogen) atoms. The maximum atomic E-state index is 3.95. The summed E-state index contributed by atoms with van der Waals surface area (Å²) < 4.78 is 2.35. The van der Waals surface area contributed by atoms with E-state index in [9.17, 15) is 0 Å². The Hall–Kier alpha value is -3.32. The Morgan fingerprint density at radius 1 is 0.821 bits per heavy atom. The van der Waals surface area contributed by atoms with Crippen LogP contribution >= 0.6 is 0 Å². The van der Waals surface area contributed by atoms with Crippen molar-refractivity contribution < 1.29 is 0 Å². The van der Waals surface area contributed by atoms with Gasteiger partial charge in [-0.05, 0) is 73.4 Å². The van der Waals surface area contributed by atoms with Crippen LogP contribution in [0.3, 0.4) is 0 Å². The summed E-state index contributed by atoms with van der Waals surface area (Å²) in [4.78, 5) is 0. The van der Waals surface area contributed by atoms with Crippen LogP contribution in [0.15, 0.2) is 79.4 Å². The summed E-state index contributed by atoms with van der Waals surface area (Å²) >= 11 is 0. The van der Waals surface area contributed by atoms with Crippen LogP contribution < -0.4 is 10.6 Å². The number of hydrogen-bond acceptors (Lipinski definition) is 0. The van der Waals surface area contributed by atoms with Crippen LogP contribution in [0.25, 0.3) is 39.9 Å². The van der Waals surface area contributed by atoms with Crippen molar-refractivity contribution in [2.24, 2.45) is 0 Å². The lowest BCUT2D eigenvalue weighted by Gasteiger charge is -2.10. The second-order valence-electron chi connectivity index (χ2n) is 7.27. The van der Waals surface area contributed by atoms with Crippen molar-refractivity contribution in [3.8, 4) is 16.8 Å². The van der Waals surface area contributed by atoms with E-state index in [0.29, 0.717) is 0 Å². The summed E-state index contributed by atoms with van der Waals surface area (Å²) in [5, 5.41) is 3.67. The molecule has 0 aliphatic rings. The second kappa shape index (κ2) is 7.36. The molecule has 4 aromatic rings. The van der Waals surface area contributed by atoms with E-state index < -0.39 is 0 Å². The summed E-state index contributed by atoms with van der Waals surface area (Å²) in [6.45, 7) is 10.4. The monoisotopic (exact) mass is 363 g/mol. The third kappa shape index (κ3) is 3.10. The molecule has 1 heterocycles. The quantitative estimate of drug-likeness (QED) is 0.441. The zero-order valence-electron chi connectivity index (χ0n) is 16.7. The van der Waals surface area contributed by atoms with E-state index in [2.05, 4.69) is 111 Å². The lowest BCUT2D eigenvalue weighted by atomic mass is 10.0. The van der Waals surface area contributed by atoms with Crippen LogP contribution in [0, 0.1) is 13.8 Å². The fraction of sp³-hybridized carbons (Fsp3) is 0.111. The Kier molecular flexibility index (Phi) is 4.75. The fourth-order valence-corrected chi connectivity index (χ4v) is 4.08. The van der Waals surface area contributed by atoms with E-state index in [-0.39, 0.29) is 0 Å². The molecule has 0 saturated carbocycles. The maximum absolute atomic E-state index is 3.95. The van der Waals surface area contributed by atoms with E-state index in [1.165, 1.54) is 49.4 Å². The van der Waals surface area contributed by atoms with Crippen molar-refractivity contribution in [3.05, 3.63) is 101 Å². The average molecular weight is 364 g/mol. The Bertz CT molecular complexity index is 1270. The Morgan fingerprint density at radius 3 is 2.18 bits per heavy atom. The maximum Gasteiger partial charge on any atom is 0.0541 e. The average Bonchev–Trinajstić information content (AvgIpc) is 3.00. The van der Waals surface area contributed by atoms with Gasteiger partial charge in [-0.25, -0.2) is 0 Å². The molecule has 138 valence electrons. The first-order chi connectivity index (χ1) is 13.6. The topological polar surface area (TPSA) is 4.93 Å². The normalized spacial score (nSPS) is 12.7. The SMILES string of the molecule is C=C/C=c1\c(=C/C)c2cc(-c3ccccc3)ccc2n1-c1cc(C)cc(C)c1. The van der Waals surface area contributed by atoms with Gasteiger partial charge in [-0.3, -0.25) is 0 Å². The number of aromatic nitrogens is 1. The second-order valence-corrected chi connectivity index (χ2v) is 7.27. The molecule has 0 saturated heterocycles. The minimum absolute atomic E-state index is 1.17. The van der Waals surface area contributed by atoms with Gasteiger partial charge in [-0.2, -0.15) is 0 Å². The third-order valence-electron chi connectivity index (χ3n) is 5.18. The van der Waals surface area contributed by atoms with E-state index in [1.807, 2.05) is 6.08 Å². The summed E-state index contributed by atoms with van der Waals surface area (Å²) in [7, 11) is 0. The van der Waals surface area contributed by atoms with Crippen molar-refractivity contribution in [2.75, 3.05) is 0 Å². The molecule has 0 radical (unpaired) electrons. The van der Waals surface area contributed by atoms with Gasteiger partial charge in [0.2, 0.25) is 0 Å². The third-order valence-corrected chi connectivity index (χ3v) is 5.18. The Balaban J connectivity index is 2.12. The summed E-state index contributed by atoms with van der Waals surface area (Å²) in [5.41, 5.74) is 7.41. The number of benzene rings is 3. The highest BCUT2D eigenvalue weighted by Crippen LogP contribution is 2.24. The molecule has 0 aliphatic carbocycles. The molecule has 1 nitrogen and oxygen atoms in total. The molecule has 1 heteroatoms. The minimum atomic E-state index is 1.17. The predicted molar refractivity (Wildman–Crippen MR) is 122 cm³/mol. The van der Waals surface area contributed by atoms with Crippen LogP contribution in [0.1, 0.15) is 18.1 Å².